The zero-order valence-electron chi connectivity index (χ0n) is 6.73. The fourth-order valence-corrected chi connectivity index (χ4v) is 3.64. The molecular formula is C9H4BrF2IS. The zero-order chi connectivity index (χ0) is 10.3. The van der Waals surface area contributed by atoms with Crippen LogP contribution < -0.4 is 0 Å². The number of rotatable bonds is 1. The van der Waals surface area contributed by atoms with E-state index in [1.165, 1.54) is 17.4 Å². The molecule has 1 aromatic heterocycles. The Morgan fingerprint density at radius 1 is 1.29 bits per heavy atom. The van der Waals surface area contributed by atoms with Gasteiger partial charge in [0.2, 0.25) is 0 Å². The van der Waals surface area contributed by atoms with E-state index >= 15 is 0 Å². The average molecular weight is 389 g/mol. The number of thiophene rings is 1. The molecule has 0 radical (unpaired) electrons. The first kappa shape index (κ1) is 10.8. The lowest BCUT2D eigenvalue weighted by atomic mass is 10.2. The van der Waals surface area contributed by atoms with Crippen molar-refractivity contribution in [3.63, 3.8) is 0 Å². The molecule has 0 amide bonds. The van der Waals surface area contributed by atoms with Gasteiger partial charge in [-0.05, 0) is 46.2 Å². The van der Waals surface area contributed by atoms with Crippen LogP contribution in [0, 0.1) is 2.88 Å². The molecule has 1 aromatic carbocycles. The van der Waals surface area contributed by atoms with Crippen LogP contribution in [-0.4, -0.2) is 0 Å². The molecule has 2 rings (SSSR count). The van der Waals surface area contributed by atoms with Crippen LogP contribution in [0.2, 0.25) is 0 Å². The van der Waals surface area contributed by atoms with Crippen LogP contribution in [0.5, 0.6) is 0 Å². The second-order valence-corrected chi connectivity index (χ2v) is 6.63. The van der Waals surface area contributed by atoms with Gasteiger partial charge in [0, 0.05) is 14.7 Å². The quantitative estimate of drug-likeness (QED) is 0.588. The predicted molar refractivity (Wildman–Crippen MR) is 67.2 cm³/mol. The summed E-state index contributed by atoms with van der Waals surface area (Å²) < 4.78 is 27.8. The van der Waals surface area contributed by atoms with Crippen LogP contribution in [0.3, 0.4) is 0 Å². The lowest BCUT2D eigenvalue weighted by molar-refractivity contribution is 0.153. The van der Waals surface area contributed by atoms with Crippen LogP contribution in [-0.2, 0) is 0 Å². The van der Waals surface area contributed by atoms with Gasteiger partial charge in [-0.1, -0.05) is 15.9 Å². The lowest BCUT2D eigenvalue weighted by Crippen LogP contribution is -1.83. The Morgan fingerprint density at radius 3 is 2.64 bits per heavy atom. The van der Waals surface area contributed by atoms with Crippen LogP contribution in [0.15, 0.2) is 22.7 Å². The second kappa shape index (κ2) is 4.02. The summed E-state index contributed by atoms with van der Waals surface area (Å²) in [7, 11) is 0. The van der Waals surface area contributed by atoms with E-state index in [4.69, 9.17) is 0 Å². The van der Waals surface area contributed by atoms with Gasteiger partial charge in [0.15, 0.2) is 0 Å². The summed E-state index contributed by atoms with van der Waals surface area (Å²) in [4.78, 5) is 0. The first-order valence-corrected chi connectivity index (χ1v) is 6.43. The fraction of sp³-hybridized carbons (Fsp3) is 0.111. The van der Waals surface area contributed by atoms with E-state index in [-0.39, 0.29) is 5.56 Å². The van der Waals surface area contributed by atoms with E-state index in [1.807, 2.05) is 12.1 Å². The van der Waals surface area contributed by atoms with E-state index in [0.29, 0.717) is 9.17 Å². The minimum Gasteiger partial charge on any atom is -0.205 e. The van der Waals surface area contributed by atoms with Crippen LogP contribution >= 0.6 is 49.9 Å². The Hall–Kier alpha value is 0.250. The number of fused-ring (bicyclic) bond motifs is 1. The van der Waals surface area contributed by atoms with Gasteiger partial charge in [-0.2, -0.15) is 0 Å². The first-order chi connectivity index (χ1) is 6.58. The molecule has 0 aliphatic heterocycles. The SMILES string of the molecule is FC(F)c1cc(Br)cc2cc(I)sc12. The minimum absolute atomic E-state index is 0.113. The Kier molecular flexibility index (Phi) is 3.09. The van der Waals surface area contributed by atoms with Gasteiger partial charge >= 0.3 is 0 Å². The van der Waals surface area contributed by atoms with Crippen molar-refractivity contribution >= 4 is 59.9 Å². The molecular weight excluding hydrogens is 385 g/mol. The standard InChI is InChI=1S/C9H4BrF2IS/c10-5-1-4-2-7(13)14-8(4)6(3-5)9(11)12/h1-3,9H. The highest BCUT2D eigenvalue weighted by molar-refractivity contribution is 14.1. The van der Waals surface area contributed by atoms with E-state index in [0.717, 1.165) is 8.27 Å². The van der Waals surface area contributed by atoms with Crippen molar-refractivity contribution in [3.8, 4) is 0 Å². The molecule has 0 atom stereocenters. The lowest BCUT2D eigenvalue weighted by Gasteiger charge is -2.01. The van der Waals surface area contributed by atoms with Crippen molar-refractivity contribution in [2.75, 3.05) is 0 Å². The summed E-state index contributed by atoms with van der Waals surface area (Å²) >= 11 is 6.77. The van der Waals surface area contributed by atoms with Gasteiger partial charge in [-0.15, -0.1) is 11.3 Å². The Balaban J connectivity index is 2.79. The van der Waals surface area contributed by atoms with E-state index < -0.39 is 6.43 Å². The molecule has 14 heavy (non-hydrogen) atoms. The molecule has 5 heteroatoms. The van der Waals surface area contributed by atoms with Gasteiger partial charge in [0.25, 0.3) is 6.43 Å². The number of hydrogen-bond donors (Lipinski definition) is 0. The number of alkyl halides is 2. The maximum Gasteiger partial charge on any atom is 0.265 e. The smallest absolute Gasteiger partial charge is 0.205 e. The molecule has 1 heterocycles. The van der Waals surface area contributed by atoms with Gasteiger partial charge in [0.1, 0.15) is 0 Å². The molecule has 0 unspecified atom stereocenters. The Labute approximate surface area is 106 Å². The van der Waals surface area contributed by atoms with Crippen LogP contribution in [0.4, 0.5) is 8.78 Å². The summed E-state index contributed by atoms with van der Waals surface area (Å²) in [5, 5.41) is 0.879. The monoisotopic (exact) mass is 388 g/mol. The first-order valence-electron chi connectivity index (χ1n) is 3.74. The van der Waals surface area contributed by atoms with Crippen molar-refractivity contribution in [1.29, 1.82) is 0 Å². The number of benzene rings is 1. The van der Waals surface area contributed by atoms with Gasteiger partial charge in [0.05, 0.1) is 2.88 Å². The van der Waals surface area contributed by atoms with Crippen molar-refractivity contribution in [2.24, 2.45) is 0 Å². The molecule has 2 aromatic rings. The maximum absolute atomic E-state index is 12.7. The Morgan fingerprint density at radius 2 is 2.00 bits per heavy atom. The molecule has 0 aliphatic rings. The molecule has 0 aliphatic carbocycles. The summed E-state index contributed by atoms with van der Waals surface area (Å²) in [6.07, 6.45) is -2.41. The summed E-state index contributed by atoms with van der Waals surface area (Å²) in [6.45, 7) is 0. The van der Waals surface area contributed by atoms with Crippen molar-refractivity contribution in [2.45, 2.75) is 6.43 Å². The fourth-order valence-electron chi connectivity index (χ4n) is 1.27. The molecule has 0 bridgehead atoms. The Bertz CT molecular complexity index is 481. The van der Waals surface area contributed by atoms with Crippen molar-refractivity contribution in [3.05, 3.63) is 31.1 Å². The van der Waals surface area contributed by atoms with Crippen molar-refractivity contribution in [1.82, 2.24) is 0 Å². The largest absolute Gasteiger partial charge is 0.265 e. The maximum atomic E-state index is 12.7. The molecule has 0 nitrogen and oxygen atoms in total. The van der Waals surface area contributed by atoms with Gasteiger partial charge in [-0.25, -0.2) is 8.78 Å². The van der Waals surface area contributed by atoms with E-state index in [2.05, 4.69) is 38.5 Å². The average Bonchev–Trinajstić information content (AvgIpc) is 2.42. The predicted octanol–water partition coefficient (Wildman–Crippen LogP) is 5.21. The highest BCUT2D eigenvalue weighted by atomic mass is 127. The topological polar surface area (TPSA) is 0 Å². The van der Waals surface area contributed by atoms with E-state index in [9.17, 15) is 8.78 Å². The van der Waals surface area contributed by atoms with Crippen molar-refractivity contribution < 1.29 is 8.78 Å². The normalized spacial score (nSPS) is 11.5. The highest BCUT2D eigenvalue weighted by Gasteiger charge is 2.14. The third kappa shape index (κ3) is 1.94. The minimum atomic E-state index is -2.41. The molecule has 0 saturated carbocycles. The van der Waals surface area contributed by atoms with Crippen LogP contribution in [0.1, 0.15) is 12.0 Å². The zero-order valence-corrected chi connectivity index (χ0v) is 11.3. The highest BCUT2D eigenvalue weighted by Crippen LogP contribution is 2.36. The van der Waals surface area contributed by atoms with E-state index in [1.54, 1.807) is 0 Å². The molecule has 0 saturated heterocycles. The van der Waals surface area contributed by atoms with Gasteiger partial charge < -0.3 is 0 Å². The molecule has 74 valence electrons. The number of halogens is 4. The summed E-state index contributed by atoms with van der Waals surface area (Å²) in [6, 6.07) is 5.26. The molecule has 0 N–H and O–H groups in total. The molecule has 0 fully saturated rings. The third-order valence-corrected chi connectivity index (χ3v) is 4.23. The molecule has 0 spiro atoms. The summed E-state index contributed by atoms with van der Waals surface area (Å²) in [5.41, 5.74) is 0.113. The van der Waals surface area contributed by atoms with Gasteiger partial charge in [-0.3, -0.25) is 0 Å². The van der Waals surface area contributed by atoms with Crippen LogP contribution in [0.25, 0.3) is 10.1 Å². The third-order valence-electron chi connectivity index (χ3n) is 1.81. The summed E-state index contributed by atoms with van der Waals surface area (Å²) in [5.74, 6) is 0. The number of hydrogen-bond acceptors (Lipinski definition) is 1. The second-order valence-electron chi connectivity index (χ2n) is 2.76.